The number of halogens is 1. The van der Waals surface area contributed by atoms with Gasteiger partial charge in [0.2, 0.25) is 0 Å². The molecule has 80 valence electrons. The summed E-state index contributed by atoms with van der Waals surface area (Å²) in [7, 11) is 0. The van der Waals surface area contributed by atoms with Gasteiger partial charge in [0.05, 0.1) is 0 Å². The monoisotopic (exact) mass is 223 g/mol. The summed E-state index contributed by atoms with van der Waals surface area (Å²) in [6.07, 6.45) is 0.948. The van der Waals surface area contributed by atoms with E-state index in [1.807, 2.05) is 12.1 Å². The van der Waals surface area contributed by atoms with E-state index in [1.54, 1.807) is 6.92 Å². The Balaban J connectivity index is 2.62. The fraction of sp³-hybridized carbons (Fsp3) is 0.417. The van der Waals surface area contributed by atoms with Crippen LogP contribution in [0.4, 0.5) is 4.39 Å². The average Bonchev–Trinajstić information content (AvgIpc) is 2.22. The van der Waals surface area contributed by atoms with Crippen molar-refractivity contribution in [1.29, 1.82) is 5.26 Å². The molecular weight excluding hydrogens is 209 g/mol. The van der Waals surface area contributed by atoms with Crippen molar-refractivity contribution in [1.82, 2.24) is 0 Å². The quantitative estimate of drug-likeness (QED) is 0.572. The Morgan fingerprint density at radius 1 is 1.53 bits per heavy atom. The molecule has 0 spiro atoms. The number of hydrogen-bond acceptors (Lipinski definition) is 2. The van der Waals surface area contributed by atoms with Gasteiger partial charge in [0.25, 0.3) is 0 Å². The highest BCUT2D eigenvalue weighted by Gasteiger charge is 2.07. The van der Waals surface area contributed by atoms with Gasteiger partial charge in [-0.05, 0) is 48.2 Å². The van der Waals surface area contributed by atoms with E-state index >= 15 is 0 Å². The Labute approximate surface area is 94.3 Å². The fourth-order valence-electron chi connectivity index (χ4n) is 1.42. The molecule has 1 rings (SSSR count). The van der Waals surface area contributed by atoms with Crippen molar-refractivity contribution in [3.8, 4) is 5.40 Å². The maximum atomic E-state index is 13.0. The number of hydrogen-bond donors (Lipinski definition) is 0. The molecule has 1 aromatic carbocycles. The second kappa shape index (κ2) is 5.77. The Kier molecular flexibility index (Phi) is 4.64. The first-order valence-corrected chi connectivity index (χ1v) is 5.90. The SMILES string of the molecule is Cc1cc(C(C)CCSC#N)ccc1F. The minimum Gasteiger partial charge on any atom is -0.207 e. The zero-order valence-electron chi connectivity index (χ0n) is 8.96. The summed E-state index contributed by atoms with van der Waals surface area (Å²) < 4.78 is 13.0. The predicted octanol–water partition coefficient (Wildman–Crippen LogP) is 3.84. The first kappa shape index (κ1) is 12.1. The highest BCUT2D eigenvalue weighted by atomic mass is 32.2. The first-order valence-electron chi connectivity index (χ1n) is 4.92. The number of benzene rings is 1. The maximum Gasteiger partial charge on any atom is 0.133 e. The third-order valence-electron chi connectivity index (χ3n) is 2.47. The predicted molar refractivity (Wildman–Crippen MR) is 62.2 cm³/mol. The number of thioether (sulfide) groups is 1. The van der Waals surface area contributed by atoms with E-state index in [9.17, 15) is 4.39 Å². The zero-order chi connectivity index (χ0) is 11.3. The molecule has 0 saturated heterocycles. The van der Waals surface area contributed by atoms with Crippen LogP contribution in [0.5, 0.6) is 0 Å². The molecule has 1 nitrogen and oxygen atoms in total. The molecule has 1 aromatic rings. The van der Waals surface area contributed by atoms with Crippen LogP contribution in [0.25, 0.3) is 0 Å². The van der Waals surface area contributed by atoms with E-state index in [-0.39, 0.29) is 5.82 Å². The minimum atomic E-state index is -0.155. The van der Waals surface area contributed by atoms with E-state index in [0.717, 1.165) is 17.7 Å². The molecule has 0 N–H and O–H groups in total. The normalized spacial score (nSPS) is 12.1. The molecule has 0 radical (unpaired) electrons. The van der Waals surface area contributed by atoms with Crippen molar-refractivity contribution in [2.75, 3.05) is 5.75 Å². The summed E-state index contributed by atoms with van der Waals surface area (Å²) in [5.41, 5.74) is 1.83. The van der Waals surface area contributed by atoms with Gasteiger partial charge < -0.3 is 0 Å². The minimum absolute atomic E-state index is 0.155. The standard InChI is InChI=1S/C12H14FNS/c1-9(5-6-15-8-14)11-3-4-12(13)10(2)7-11/h3-4,7,9H,5-6H2,1-2H3. The maximum absolute atomic E-state index is 13.0. The second-order valence-electron chi connectivity index (χ2n) is 3.64. The molecule has 15 heavy (non-hydrogen) atoms. The Bertz CT molecular complexity index is 370. The smallest absolute Gasteiger partial charge is 0.133 e. The van der Waals surface area contributed by atoms with Crippen molar-refractivity contribution in [3.05, 3.63) is 35.1 Å². The summed E-state index contributed by atoms with van der Waals surface area (Å²) >= 11 is 1.27. The van der Waals surface area contributed by atoms with Crippen LogP contribution in [-0.4, -0.2) is 5.75 Å². The molecule has 0 fully saturated rings. The number of thiocyanates is 1. The summed E-state index contributed by atoms with van der Waals surface area (Å²) in [4.78, 5) is 0. The van der Waals surface area contributed by atoms with Crippen LogP contribution in [0.15, 0.2) is 18.2 Å². The second-order valence-corrected chi connectivity index (χ2v) is 4.52. The fourth-order valence-corrected chi connectivity index (χ4v) is 1.99. The average molecular weight is 223 g/mol. The lowest BCUT2D eigenvalue weighted by Gasteiger charge is -2.11. The third kappa shape index (κ3) is 3.56. The van der Waals surface area contributed by atoms with Gasteiger partial charge in [-0.1, -0.05) is 19.1 Å². The molecule has 0 heterocycles. The number of aryl methyl sites for hydroxylation is 1. The highest BCUT2D eigenvalue weighted by Crippen LogP contribution is 2.22. The lowest BCUT2D eigenvalue weighted by molar-refractivity contribution is 0.615. The van der Waals surface area contributed by atoms with Crippen LogP contribution < -0.4 is 0 Å². The van der Waals surface area contributed by atoms with Gasteiger partial charge in [0, 0.05) is 5.75 Å². The van der Waals surface area contributed by atoms with Crippen molar-refractivity contribution >= 4 is 11.8 Å². The van der Waals surface area contributed by atoms with Crippen LogP contribution >= 0.6 is 11.8 Å². The molecule has 0 aliphatic carbocycles. The summed E-state index contributed by atoms with van der Waals surface area (Å²) in [5, 5.41) is 10.4. The Hall–Kier alpha value is -1.01. The molecule has 0 aliphatic rings. The van der Waals surface area contributed by atoms with Gasteiger partial charge in [0.1, 0.15) is 11.2 Å². The van der Waals surface area contributed by atoms with Crippen LogP contribution in [0.2, 0.25) is 0 Å². The molecule has 1 atom stereocenters. The topological polar surface area (TPSA) is 23.8 Å². The zero-order valence-corrected chi connectivity index (χ0v) is 9.77. The molecule has 0 saturated carbocycles. The number of nitrogens with zero attached hydrogens (tertiary/aromatic N) is 1. The largest absolute Gasteiger partial charge is 0.207 e. The van der Waals surface area contributed by atoms with Crippen molar-refractivity contribution < 1.29 is 4.39 Å². The molecule has 1 unspecified atom stereocenters. The first-order chi connectivity index (χ1) is 7.15. The number of nitriles is 1. The van der Waals surface area contributed by atoms with E-state index in [2.05, 4.69) is 12.3 Å². The number of rotatable bonds is 4. The van der Waals surface area contributed by atoms with Gasteiger partial charge in [-0.25, -0.2) is 4.39 Å². The van der Waals surface area contributed by atoms with Gasteiger partial charge in [-0.3, -0.25) is 0 Å². The van der Waals surface area contributed by atoms with E-state index in [4.69, 9.17) is 5.26 Å². The van der Waals surface area contributed by atoms with Crippen molar-refractivity contribution in [2.45, 2.75) is 26.2 Å². The van der Waals surface area contributed by atoms with Crippen molar-refractivity contribution in [2.24, 2.45) is 0 Å². The Morgan fingerprint density at radius 2 is 2.27 bits per heavy atom. The molecule has 0 aromatic heterocycles. The third-order valence-corrected chi connectivity index (χ3v) is 3.04. The highest BCUT2D eigenvalue weighted by molar-refractivity contribution is 8.03. The van der Waals surface area contributed by atoms with E-state index < -0.39 is 0 Å². The molecule has 0 bridgehead atoms. The van der Waals surface area contributed by atoms with E-state index in [1.165, 1.54) is 17.8 Å². The van der Waals surface area contributed by atoms with Crippen molar-refractivity contribution in [3.63, 3.8) is 0 Å². The summed E-state index contributed by atoms with van der Waals surface area (Å²) in [5.74, 6) is 1.05. The van der Waals surface area contributed by atoms with Crippen LogP contribution in [-0.2, 0) is 0 Å². The van der Waals surface area contributed by atoms with Gasteiger partial charge in [0.15, 0.2) is 0 Å². The summed E-state index contributed by atoms with van der Waals surface area (Å²) in [6.45, 7) is 3.88. The van der Waals surface area contributed by atoms with Crippen LogP contribution in [0.3, 0.4) is 0 Å². The molecule has 0 amide bonds. The molecular formula is C12H14FNS. The van der Waals surface area contributed by atoms with Gasteiger partial charge >= 0.3 is 0 Å². The van der Waals surface area contributed by atoms with Gasteiger partial charge in [-0.15, -0.1) is 0 Å². The van der Waals surface area contributed by atoms with Crippen LogP contribution in [0.1, 0.15) is 30.4 Å². The lowest BCUT2D eigenvalue weighted by atomic mass is 9.97. The molecule has 3 heteroatoms. The van der Waals surface area contributed by atoms with Crippen LogP contribution in [0, 0.1) is 23.4 Å². The Morgan fingerprint density at radius 3 is 2.87 bits per heavy atom. The summed E-state index contributed by atoms with van der Waals surface area (Å²) in [6, 6.07) is 5.22. The molecule has 0 aliphatic heterocycles. The van der Waals surface area contributed by atoms with E-state index in [0.29, 0.717) is 11.5 Å². The van der Waals surface area contributed by atoms with Gasteiger partial charge in [-0.2, -0.15) is 5.26 Å². The lowest BCUT2D eigenvalue weighted by Crippen LogP contribution is -1.96.